The van der Waals surface area contributed by atoms with Gasteiger partial charge in [0.05, 0.1) is 11.4 Å². The maximum absolute atomic E-state index is 11.8. The molecule has 1 N–H and O–H groups in total. The Labute approximate surface area is 114 Å². The maximum atomic E-state index is 11.8. The molecule has 0 bridgehead atoms. The number of nitriles is 1. The highest BCUT2D eigenvalue weighted by Gasteiger charge is 2.11. The van der Waals surface area contributed by atoms with Crippen LogP contribution in [0.1, 0.15) is 20.3 Å². The van der Waals surface area contributed by atoms with Crippen LogP contribution >= 0.6 is 0 Å². The Bertz CT molecular complexity index is 547. The first-order valence-corrected chi connectivity index (χ1v) is 7.68. The molecule has 0 amide bonds. The number of benzene rings is 1. The van der Waals surface area contributed by atoms with Crippen molar-refractivity contribution in [3.63, 3.8) is 0 Å². The van der Waals surface area contributed by atoms with Crippen LogP contribution in [0.5, 0.6) is 5.75 Å². The van der Waals surface area contributed by atoms with Crippen molar-refractivity contribution in [1.29, 1.82) is 5.26 Å². The third kappa shape index (κ3) is 6.11. The van der Waals surface area contributed by atoms with Crippen molar-refractivity contribution in [2.45, 2.75) is 20.3 Å². The molecule has 6 heteroatoms. The molecule has 0 aliphatic rings. The minimum Gasteiger partial charge on any atom is -0.479 e. The molecule has 0 saturated heterocycles. The van der Waals surface area contributed by atoms with Crippen LogP contribution in [0.3, 0.4) is 0 Å². The maximum Gasteiger partial charge on any atom is 0.232 e. The van der Waals surface area contributed by atoms with Gasteiger partial charge in [0.15, 0.2) is 6.61 Å². The molecule has 0 radical (unpaired) electrons. The van der Waals surface area contributed by atoms with Crippen LogP contribution in [0, 0.1) is 17.2 Å². The molecule has 0 heterocycles. The van der Waals surface area contributed by atoms with Gasteiger partial charge >= 0.3 is 0 Å². The van der Waals surface area contributed by atoms with E-state index in [0.29, 0.717) is 23.8 Å². The molecule has 0 saturated carbocycles. The van der Waals surface area contributed by atoms with Gasteiger partial charge in [-0.1, -0.05) is 19.9 Å². The monoisotopic (exact) mass is 282 g/mol. The van der Waals surface area contributed by atoms with E-state index in [4.69, 9.17) is 10.00 Å². The zero-order valence-electron chi connectivity index (χ0n) is 11.1. The third-order valence-corrected chi connectivity index (χ3v) is 3.69. The highest BCUT2D eigenvalue weighted by Crippen LogP contribution is 2.18. The number of hydrogen-bond donors (Lipinski definition) is 1. The summed E-state index contributed by atoms with van der Waals surface area (Å²) >= 11 is 0. The van der Waals surface area contributed by atoms with E-state index in [9.17, 15) is 8.42 Å². The second kappa shape index (κ2) is 7.00. The van der Waals surface area contributed by atoms with E-state index in [-0.39, 0.29) is 12.4 Å². The average molecular weight is 282 g/mol. The van der Waals surface area contributed by atoms with Gasteiger partial charge < -0.3 is 4.74 Å². The van der Waals surface area contributed by atoms with Crippen molar-refractivity contribution in [1.82, 2.24) is 0 Å². The molecule has 19 heavy (non-hydrogen) atoms. The van der Waals surface area contributed by atoms with Gasteiger partial charge in [-0.3, -0.25) is 4.72 Å². The first-order valence-electron chi connectivity index (χ1n) is 6.03. The molecule has 1 aromatic carbocycles. The van der Waals surface area contributed by atoms with Crippen LogP contribution in [0.25, 0.3) is 0 Å². The molecule has 0 aliphatic heterocycles. The van der Waals surface area contributed by atoms with Gasteiger partial charge in [0.2, 0.25) is 10.0 Å². The lowest BCUT2D eigenvalue weighted by Crippen LogP contribution is -2.17. The molecule has 1 aromatic rings. The molecule has 5 nitrogen and oxygen atoms in total. The molecule has 0 atom stereocenters. The molecular weight excluding hydrogens is 264 g/mol. The summed E-state index contributed by atoms with van der Waals surface area (Å²) in [5.74, 6) is 0.890. The van der Waals surface area contributed by atoms with E-state index in [2.05, 4.69) is 4.72 Å². The van der Waals surface area contributed by atoms with Gasteiger partial charge in [0.1, 0.15) is 11.8 Å². The summed E-state index contributed by atoms with van der Waals surface area (Å²) in [6, 6.07) is 8.40. The second-order valence-corrected chi connectivity index (χ2v) is 6.42. The summed E-state index contributed by atoms with van der Waals surface area (Å²) < 4.78 is 31.3. The van der Waals surface area contributed by atoms with Crippen LogP contribution in [-0.2, 0) is 10.0 Å². The largest absolute Gasteiger partial charge is 0.479 e. The molecule has 1 rings (SSSR count). The Morgan fingerprint density at radius 3 is 2.79 bits per heavy atom. The third-order valence-electron chi connectivity index (χ3n) is 2.37. The number of ether oxygens (including phenoxy) is 1. The van der Waals surface area contributed by atoms with Crippen molar-refractivity contribution in [2.75, 3.05) is 17.1 Å². The fourth-order valence-electron chi connectivity index (χ4n) is 1.39. The summed E-state index contributed by atoms with van der Waals surface area (Å²) in [4.78, 5) is 0. The van der Waals surface area contributed by atoms with Gasteiger partial charge in [-0.05, 0) is 24.5 Å². The SMILES string of the molecule is CC(C)CCS(=O)(=O)Nc1cccc(OCC#N)c1. The van der Waals surface area contributed by atoms with Gasteiger partial charge in [0.25, 0.3) is 0 Å². The minimum atomic E-state index is -3.34. The zero-order valence-corrected chi connectivity index (χ0v) is 11.9. The molecule has 0 spiro atoms. The smallest absolute Gasteiger partial charge is 0.232 e. The number of rotatable bonds is 7. The number of anilines is 1. The predicted octanol–water partition coefficient (Wildman–Crippen LogP) is 2.38. The highest BCUT2D eigenvalue weighted by molar-refractivity contribution is 7.92. The molecule has 0 aliphatic carbocycles. The average Bonchev–Trinajstić information content (AvgIpc) is 2.34. The number of nitrogens with one attached hydrogen (secondary N) is 1. The summed E-state index contributed by atoms with van der Waals surface area (Å²) in [6.45, 7) is 3.89. The van der Waals surface area contributed by atoms with E-state index in [1.807, 2.05) is 19.9 Å². The summed E-state index contributed by atoms with van der Waals surface area (Å²) in [5.41, 5.74) is 0.444. The Morgan fingerprint density at radius 1 is 1.42 bits per heavy atom. The number of nitrogens with zero attached hydrogens (tertiary/aromatic N) is 1. The minimum absolute atomic E-state index is 0.0659. The summed E-state index contributed by atoms with van der Waals surface area (Å²) in [5, 5.41) is 8.42. The lowest BCUT2D eigenvalue weighted by atomic mass is 10.2. The quantitative estimate of drug-likeness (QED) is 0.832. The highest BCUT2D eigenvalue weighted by atomic mass is 32.2. The molecule has 104 valence electrons. The predicted molar refractivity (Wildman–Crippen MR) is 74.4 cm³/mol. The zero-order chi connectivity index (χ0) is 14.3. The van der Waals surface area contributed by atoms with Gasteiger partial charge in [-0.25, -0.2) is 8.42 Å². The normalized spacial score (nSPS) is 11.1. The van der Waals surface area contributed by atoms with E-state index in [1.165, 1.54) is 0 Å². The van der Waals surface area contributed by atoms with E-state index in [0.717, 1.165) is 0 Å². The van der Waals surface area contributed by atoms with E-state index >= 15 is 0 Å². The second-order valence-electron chi connectivity index (χ2n) is 4.58. The van der Waals surface area contributed by atoms with Crippen molar-refractivity contribution in [3.05, 3.63) is 24.3 Å². The Morgan fingerprint density at radius 2 is 2.16 bits per heavy atom. The topological polar surface area (TPSA) is 79.2 Å². The Kier molecular flexibility index (Phi) is 5.64. The first-order chi connectivity index (χ1) is 8.93. The van der Waals surface area contributed by atoms with Crippen molar-refractivity contribution in [2.24, 2.45) is 5.92 Å². The number of hydrogen-bond acceptors (Lipinski definition) is 4. The van der Waals surface area contributed by atoms with Crippen LogP contribution < -0.4 is 9.46 Å². The van der Waals surface area contributed by atoms with Crippen LogP contribution in [0.2, 0.25) is 0 Å². The fraction of sp³-hybridized carbons (Fsp3) is 0.462. The number of sulfonamides is 1. The van der Waals surface area contributed by atoms with E-state index in [1.54, 1.807) is 24.3 Å². The Balaban J connectivity index is 2.68. The van der Waals surface area contributed by atoms with Gasteiger partial charge in [-0.2, -0.15) is 5.26 Å². The first kappa shape index (κ1) is 15.3. The lowest BCUT2D eigenvalue weighted by Gasteiger charge is -2.10. The van der Waals surface area contributed by atoms with Gasteiger partial charge in [0, 0.05) is 6.07 Å². The van der Waals surface area contributed by atoms with Crippen molar-refractivity contribution >= 4 is 15.7 Å². The standard InChI is InChI=1S/C13H18N2O3S/c1-11(2)6-9-19(16,17)15-12-4-3-5-13(10-12)18-8-7-14/h3-5,10-11,15H,6,8-9H2,1-2H3. The van der Waals surface area contributed by atoms with E-state index < -0.39 is 10.0 Å². The van der Waals surface area contributed by atoms with Crippen molar-refractivity contribution < 1.29 is 13.2 Å². The molecular formula is C13H18N2O3S. The van der Waals surface area contributed by atoms with Crippen LogP contribution in [0.4, 0.5) is 5.69 Å². The lowest BCUT2D eigenvalue weighted by molar-refractivity contribution is 0.368. The Hall–Kier alpha value is -1.74. The summed E-state index contributed by atoms with van der Waals surface area (Å²) in [6.07, 6.45) is 0.611. The molecule has 0 unspecified atom stereocenters. The summed E-state index contributed by atoms with van der Waals surface area (Å²) in [7, 11) is -3.34. The van der Waals surface area contributed by atoms with Crippen LogP contribution in [0.15, 0.2) is 24.3 Å². The fourth-order valence-corrected chi connectivity index (χ4v) is 2.76. The molecule has 0 fully saturated rings. The van der Waals surface area contributed by atoms with Gasteiger partial charge in [-0.15, -0.1) is 0 Å². The molecule has 0 aromatic heterocycles. The van der Waals surface area contributed by atoms with Crippen molar-refractivity contribution in [3.8, 4) is 11.8 Å². The van der Waals surface area contributed by atoms with Crippen LogP contribution in [-0.4, -0.2) is 20.8 Å².